The molecule has 0 bridgehead atoms. The van der Waals surface area contributed by atoms with Crippen molar-refractivity contribution in [3.63, 3.8) is 0 Å². The lowest BCUT2D eigenvalue weighted by molar-refractivity contribution is 1.46. The smallest absolute Gasteiger partial charge is 0.125 e. The summed E-state index contributed by atoms with van der Waals surface area (Å²) in [6.07, 6.45) is 2.88. The van der Waals surface area contributed by atoms with E-state index in [1.165, 1.54) is 6.21 Å². The zero-order valence-corrected chi connectivity index (χ0v) is 12.2. The Morgan fingerprint density at radius 1 is 1.14 bits per heavy atom. The first-order valence-corrected chi connectivity index (χ1v) is 6.75. The molecule has 0 unspecified atom stereocenters. The number of hydrogen-bond acceptors (Lipinski definition) is 4. The molecule has 5 heteroatoms. The third-order valence-electron chi connectivity index (χ3n) is 2.84. The summed E-state index contributed by atoms with van der Waals surface area (Å²) in [6, 6.07) is 14.9. The topological polar surface area (TPSA) is 88.2 Å². The van der Waals surface area contributed by atoms with Crippen molar-refractivity contribution in [2.24, 2.45) is 10.7 Å². The van der Waals surface area contributed by atoms with Crippen molar-refractivity contribution in [2.75, 3.05) is 5.73 Å². The van der Waals surface area contributed by atoms with Gasteiger partial charge in [0.1, 0.15) is 5.84 Å². The SMILES string of the molecule is N=Cc1cc(N=C(N)/C=C(\S)c2ccccc2)ccc1N. The molecule has 5 N–H and O–H groups in total. The Morgan fingerprint density at radius 3 is 2.52 bits per heavy atom. The molecule has 0 spiro atoms. The molecule has 0 fully saturated rings. The molecule has 0 heterocycles. The van der Waals surface area contributed by atoms with E-state index in [1.807, 2.05) is 30.3 Å². The van der Waals surface area contributed by atoms with Crippen LogP contribution in [-0.2, 0) is 0 Å². The summed E-state index contributed by atoms with van der Waals surface area (Å²) >= 11 is 4.42. The number of benzene rings is 2. The Labute approximate surface area is 129 Å². The van der Waals surface area contributed by atoms with Gasteiger partial charge in [0.05, 0.1) is 5.69 Å². The number of hydrogen-bond donors (Lipinski definition) is 4. The van der Waals surface area contributed by atoms with Gasteiger partial charge in [-0.1, -0.05) is 30.3 Å². The van der Waals surface area contributed by atoms with E-state index in [1.54, 1.807) is 24.3 Å². The molecule has 0 saturated carbocycles. The van der Waals surface area contributed by atoms with Gasteiger partial charge >= 0.3 is 0 Å². The van der Waals surface area contributed by atoms with Gasteiger partial charge in [0.25, 0.3) is 0 Å². The van der Waals surface area contributed by atoms with Crippen LogP contribution in [0.3, 0.4) is 0 Å². The van der Waals surface area contributed by atoms with Crippen LogP contribution >= 0.6 is 12.6 Å². The zero-order valence-electron chi connectivity index (χ0n) is 11.3. The van der Waals surface area contributed by atoms with E-state index in [-0.39, 0.29) is 0 Å². The fourth-order valence-electron chi connectivity index (χ4n) is 1.77. The van der Waals surface area contributed by atoms with E-state index in [9.17, 15) is 0 Å². The Balaban J connectivity index is 2.27. The van der Waals surface area contributed by atoms with Crippen molar-refractivity contribution >= 4 is 41.0 Å². The molecule has 2 aromatic carbocycles. The second kappa shape index (κ2) is 6.76. The predicted octanol–water partition coefficient (Wildman–Crippen LogP) is 3.23. The van der Waals surface area contributed by atoms with Crippen molar-refractivity contribution in [3.05, 3.63) is 65.7 Å². The van der Waals surface area contributed by atoms with Gasteiger partial charge in [0.2, 0.25) is 0 Å². The number of nitrogens with two attached hydrogens (primary N) is 2. The van der Waals surface area contributed by atoms with E-state index in [0.717, 1.165) is 10.5 Å². The van der Waals surface area contributed by atoms with Crippen LogP contribution in [0.2, 0.25) is 0 Å². The fraction of sp³-hybridized carbons (Fsp3) is 0. The molecule has 0 aliphatic rings. The second-order valence-corrected chi connectivity index (χ2v) is 4.87. The van der Waals surface area contributed by atoms with Crippen LogP contribution in [0.25, 0.3) is 4.91 Å². The van der Waals surface area contributed by atoms with Gasteiger partial charge in [-0.15, -0.1) is 12.6 Å². The Bertz CT molecular complexity index is 705. The summed E-state index contributed by atoms with van der Waals surface area (Å²) in [5.74, 6) is 0.338. The maximum atomic E-state index is 7.28. The first-order chi connectivity index (χ1) is 10.1. The average molecular weight is 296 g/mol. The molecule has 106 valence electrons. The number of thiol groups is 1. The molecule has 2 rings (SSSR count). The normalized spacial score (nSPS) is 12.2. The average Bonchev–Trinajstić information content (AvgIpc) is 2.50. The molecule has 2 aromatic rings. The lowest BCUT2D eigenvalue weighted by Gasteiger charge is -2.03. The Hall–Kier alpha value is -2.53. The monoisotopic (exact) mass is 296 g/mol. The minimum atomic E-state index is 0.338. The molecule has 0 amide bonds. The number of nitrogen functional groups attached to an aromatic ring is 1. The van der Waals surface area contributed by atoms with Gasteiger partial charge in [-0.2, -0.15) is 0 Å². The minimum absolute atomic E-state index is 0.338. The highest BCUT2D eigenvalue weighted by Gasteiger charge is 2.00. The van der Waals surface area contributed by atoms with Crippen LogP contribution in [0.15, 0.2) is 59.6 Å². The summed E-state index contributed by atoms with van der Waals surface area (Å²) < 4.78 is 0. The second-order valence-electron chi connectivity index (χ2n) is 4.39. The number of nitrogens with zero attached hydrogens (tertiary/aromatic N) is 1. The number of nitrogens with one attached hydrogen (secondary N) is 1. The van der Waals surface area contributed by atoms with E-state index >= 15 is 0 Å². The zero-order chi connectivity index (χ0) is 15.2. The molecular formula is C16H16N4S. The molecule has 0 saturated heterocycles. The first-order valence-electron chi connectivity index (χ1n) is 6.30. The molecule has 0 aliphatic heterocycles. The molecular weight excluding hydrogens is 280 g/mol. The van der Waals surface area contributed by atoms with Crippen LogP contribution < -0.4 is 11.5 Å². The fourth-order valence-corrected chi connectivity index (χ4v) is 2.05. The predicted molar refractivity (Wildman–Crippen MR) is 93.4 cm³/mol. The molecule has 0 aliphatic carbocycles. The van der Waals surface area contributed by atoms with Crippen LogP contribution in [0.1, 0.15) is 11.1 Å². The van der Waals surface area contributed by atoms with Crippen LogP contribution in [0.5, 0.6) is 0 Å². The molecule has 0 atom stereocenters. The van der Waals surface area contributed by atoms with Gasteiger partial charge < -0.3 is 16.9 Å². The number of rotatable bonds is 4. The summed E-state index contributed by atoms with van der Waals surface area (Å²) in [5.41, 5.74) is 14.4. The highest BCUT2D eigenvalue weighted by atomic mass is 32.1. The summed E-state index contributed by atoms with van der Waals surface area (Å²) in [6.45, 7) is 0. The molecule has 4 nitrogen and oxygen atoms in total. The van der Waals surface area contributed by atoms with Crippen molar-refractivity contribution in [3.8, 4) is 0 Å². The number of amidine groups is 1. The van der Waals surface area contributed by atoms with E-state index in [2.05, 4.69) is 17.6 Å². The first kappa shape index (κ1) is 14.9. The quantitative estimate of drug-likeness (QED) is 0.302. The minimum Gasteiger partial charge on any atom is -0.398 e. The third kappa shape index (κ3) is 3.97. The van der Waals surface area contributed by atoms with Crippen molar-refractivity contribution in [2.45, 2.75) is 0 Å². The van der Waals surface area contributed by atoms with E-state index in [0.29, 0.717) is 22.8 Å². The third-order valence-corrected chi connectivity index (χ3v) is 3.23. The van der Waals surface area contributed by atoms with Crippen molar-refractivity contribution < 1.29 is 0 Å². The Kier molecular flexibility index (Phi) is 4.79. The standard InChI is InChI=1S/C16H16N4S/c17-10-12-8-13(6-7-14(12)18)20-16(19)9-15(21)11-4-2-1-3-5-11/h1-10,17,21H,18H2,(H2,19,20)/b15-9-,17-10?. The van der Waals surface area contributed by atoms with Gasteiger partial charge in [-0.3, -0.25) is 0 Å². The van der Waals surface area contributed by atoms with Crippen LogP contribution in [0.4, 0.5) is 11.4 Å². The highest BCUT2D eigenvalue weighted by Crippen LogP contribution is 2.20. The largest absolute Gasteiger partial charge is 0.398 e. The summed E-state index contributed by atoms with van der Waals surface area (Å²) in [4.78, 5) is 5.02. The molecule has 0 aromatic heterocycles. The molecule has 21 heavy (non-hydrogen) atoms. The molecule has 0 radical (unpaired) electrons. The van der Waals surface area contributed by atoms with Crippen molar-refractivity contribution in [1.82, 2.24) is 0 Å². The number of aliphatic imine (C=N–C) groups is 1. The van der Waals surface area contributed by atoms with Crippen LogP contribution in [-0.4, -0.2) is 12.1 Å². The number of anilines is 1. The maximum Gasteiger partial charge on any atom is 0.125 e. The lowest BCUT2D eigenvalue weighted by atomic mass is 10.2. The van der Waals surface area contributed by atoms with Gasteiger partial charge in [-0.25, -0.2) is 4.99 Å². The summed E-state index contributed by atoms with van der Waals surface area (Å²) in [5, 5.41) is 7.28. The maximum absolute atomic E-state index is 7.28. The van der Waals surface area contributed by atoms with Gasteiger partial charge in [0, 0.05) is 22.4 Å². The van der Waals surface area contributed by atoms with E-state index < -0.39 is 0 Å². The van der Waals surface area contributed by atoms with Gasteiger partial charge in [0.15, 0.2) is 0 Å². The van der Waals surface area contributed by atoms with Gasteiger partial charge in [-0.05, 0) is 29.8 Å². The Morgan fingerprint density at radius 2 is 1.86 bits per heavy atom. The summed E-state index contributed by atoms with van der Waals surface area (Å²) in [7, 11) is 0. The van der Waals surface area contributed by atoms with E-state index in [4.69, 9.17) is 16.9 Å². The highest BCUT2D eigenvalue weighted by molar-refractivity contribution is 7.90. The van der Waals surface area contributed by atoms with Crippen LogP contribution in [0, 0.1) is 5.41 Å². The van der Waals surface area contributed by atoms with Crippen molar-refractivity contribution in [1.29, 1.82) is 5.41 Å². The lowest BCUT2D eigenvalue weighted by Crippen LogP contribution is -2.07.